The van der Waals surface area contributed by atoms with Gasteiger partial charge in [-0.1, -0.05) is 61.2 Å². The zero-order valence-electron chi connectivity index (χ0n) is 21.7. The highest BCUT2D eigenvalue weighted by Crippen LogP contribution is 2.32. The van der Waals surface area contributed by atoms with Gasteiger partial charge in [0.15, 0.2) is 5.82 Å². The molecular formula is C33H28N6. The van der Waals surface area contributed by atoms with E-state index in [2.05, 4.69) is 93.3 Å². The molecule has 4 heterocycles. The molecular weight excluding hydrogens is 480 g/mol. The summed E-state index contributed by atoms with van der Waals surface area (Å²) in [6.45, 7) is 6.13. The molecule has 0 spiro atoms. The number of pyridine rings is 2. The van der Waals surface area contributed by atoms with Crippen LogP contribution >= 0.6 is 0 Å². The van der Waals surface area contributed by atoms with Gasteiger partial charge in [-0.25, -0.2) is 4.98 Å². The first kappa shape index (κ1) is 24.2. The number of nitrogens with one attached hydrogen (secondary N) is 2. The summed E-state index contributed by atoms with van der Waals surface area (Å²) in [4.78, 5) is 17.1. The number of rotatable bonds is 8. The molecule has 0 fully saturated rings. The van der Waals surface area contributed by atoms with Crippen LogP contribution in [0.4, 0.5) is 0 Å². The molecule has 0 saturated heterocycles. The molecule has 0 radical (unpaired) electrons. The fourth-order valence-corrected chi connectivity index (χ4v) is 4.84. The summed E-state index contributed by atoms with van der Waals surface area (Å²) in [6.07, 6.45) is 13.5. The minimum atomic E-state index is 0.698. The SMILES string of the molecule is C=C/C(=C\C(=C/C)c1ccc2[nH]nc(-c3nc4c(-c5ccncc5)nccc4[nH]3)c2c1)CCc1ccccc1. The third kappa shape index (κ3) is 4.92. The molecule has 0 unspecified atom stereocenters. The van der Waals surface area contributed by atoms with Gasteiger partial charge in [0.1, 0.15) is 11.2 Å². The Morgan fingerprint density at radius 2 is 1.77 bits per heavy atom. The van der Waals surface area contributed by atoms with E-state index in [0.717, 1.165) is 62.9 Å². The van der Waals surface area contributed by atoms with Crippen LogP contribution in [0.25, 0.3) is 50.3 Å². The van der Waals surface area contributed by atoms with E-state index in [-0.39, 0.29) is 0 Å². The highest BCUT2D eigenvalue weighted by molar-refractivity contribution is 5.97. The molecule has 6 nitrogen and oxygen atoms in total. The van der Waals surface area contributed by atoms with Gasteiger partial charge in [0.2, 0.25) is 0 Å². The zero-order chi connectivity index (χ0) is 26.6. The molecule has 0 saturated carbocycles. The highest BCUT2D eigenvalue weighted by atomic mass is 15.1. The summed E-state index contributed by atoms with van der Waals surface area (Å²) in [5.74, 6) is 0.698. The van der Waals surface area contributed by atoms with E-state index in [1.54, 1.807) is 18.6 Å². The van der Waals surface area contributed by atoms with E-state index >= 15 is 0 Å². The molecule has 0 atom stereocenters. The van der Waals surface area contributed by atoms with Gasteiger partial charge >= 0.3 is 0 Å². The van der Waals surface area contributed by atoms with Crippen LogP contribution in [0.1, 0.15) is 24.5 Å². The number of hydrogen-bond donors (Lipinski definition) is 2. The number of H-pyrrole nitrogens is 2. The number of aryl methyl sites for hydroxylation is 1. The quantitative estimate of drug-likeness (QED) is 0.206. The van der Waals surface area contributed by atoms with Gasteiger partial charge in [-0.3, -0.25) is 15.1 Å². The van der Waals surface area contributed by atoms with Gasteiger partial charge in [-0.15, -0.1) is 0 Å². The number of nitrogens with zero attached hydrogens (tertiary/aromatic N) is 4. The minimum Gasteiger partial charge on any atom is -0.336 e. The Balaban J connectivity index is 1.35. The normalized spacial score (nSPS) is 12.3. The second-order valence-corrected chi connectivity index (χ2v) is 9.36. The third-order valence-electron chi connectivity index (χ3n) is 6.93. The van der Waals surface area contributed by atoms with Crippen molar-refractivity contribution in [3.63, 3.8) is 0 Å². The second kappa shape index (κ2) is 10.7. The van der Waals surface area contributed by atoms with Gasteiger partial charge in [-0.05, 0) is 72.4 Å². The van der Waals surface area contributed by atoms with Crippen LogP contribution in [0.15, 0.2) is 116 Å². The first-order valence-electron chi connectivity index (χ1n) is 13.0. The van der Waals surface area contributed by atoms with Crippen LogP contribution in [0.2, 0.25) is 0 Å². The van der Waals surface area contributed by atoms with E-state index in [0.29, 0.717) is 5.82 Å². The second-order valence-electron chi connectivity index (χ2n) is 9.36. The van der Waals surface area contributed by atoms with Crippen LogP contribution in [-0.2, 0) is 6.42 Å². The van der Waals surface area contributed by atoms with Crippen molar-refractivity contribution in [2.45, 2.75) is 19.8 Å². The van der Waals surface area contributed by atoms with Crippen molar-refractivity contribution in [1.82, 2.24) is 30.1 Å². The molecule has 6 rings (SSSR count). The lowest BCUT2D eigenvalue weighted by Gasteiger charge is -2.07. The van der Waals surface area contributed by atoms with Gasteiger partial charge in [0.05, 0.1) is 16.7 Å². The molecule has 6 heteroatoms. The average molecular weight is 509 g/mol. The van der Waals surface area contributed by atoms with Crippen LogP contribution in [-0.4, -0.2) is 30.1 Å². The maximum absolute atomic E-state index is 4.93. The summed E-state index contributed by atoms with van der Waals surface area (Å²) in [5, 5.41) is 8.80. The third-order valence-corrected chi connectivity index (χ3v) is 6.93. The van der Waals surface area contributed by atoms with Crippen molar-refractivity contribution >= 4 is 27.5 Å². The summed E-state index contributed by atoms with van der Waals surface area (Å²) in [6, 6.07) is 22.7. The first-order valence-corrected chi connectivity index (χ1v) is 13.0. The largest absolute Gasteiger partial charge is 0.336 e. The lowest BCUT2D eigenvalue weighted by atomic mass is 9.97. The number of fused-ring (bicyclic) bond motifs is 2. The summed E-state index contributed by atoms with van der Waals surface area (Å²) in [5.41, 5.74) is 10.00. The molecule has 0 aliphatic heterocycles. The molecule has 0 amide bonds. The molecule has 2 N–H and O–H groups in total. The maximum Gasteiger partial charge on any atom is 0.159 e. The standard InChI is InChI=1S/C33H28N6/c1-3-22(10-11-23-8-6-5-7-9-23)20-24(4-2)26-12-13-28-27(21-26)31(39-38-28)33-36-29-16-19-35-30(32(29)37-33)25-14-17-34-18-15-25/h3-9,12-21H,1,10-11H2,2H3,(H,36,37)(H,38,39)/b22-20+,24-4+. The topological polar surface area (TPSA) is 83.1 Å². The Morgan fingerprint density at radius 3 is 2.56 bits per heavy atom. The smallest absolute Gasteiger partial charge is 0.159 e. The highest BCUT2D eigenvalue weighted by Gasteiger charge is 2.16. The zero-order valence-corrected chi connectivity index (χ0v) is 21.7. The molecule has 0 aliphatic rings. The Labute approximate surface area is 226 Å². The Morgan fingerprint density at radius 1 is 0.923 bits per heavy atom. The predicted octanol–water partition coefficient (Wildman–Crippen LogP) is 7.71. The van der Waals surface area contributed by atoms with E-state index in [1.165, 1.54) is 11.1 Å². The van der Waals surface area contributed by atoms with E-state index in [4.69, 9.17) is 4.98 Å². The lowest BCUT2D eigenvalue weighted by molar-refractivity contribution is 0.966. The van der Waals surface area contributed by atoms with Crippen molar-refractivity contribution in [3.05, 3.63) is 127 Å². The number of aromatic amines is 2. The van der Waals surface area contributed by atoms with Crippen LogP contribution in [0.3, 0.4) is 0 Å². The molecule has 0 bridgehead atoms. The van der Waals surface area contributed by atoms with Crippen LogP contribution < -0.4 is 0 Å². The van der Waals surface area contributed by atoms with Gasteiger partial charge in [0.25, 0.3) is 0 Å². The number of aromatic nitrogens is 6. The molecule has 2 aromatic carbocycles. The number of imidazole rings is 1. The molecule has 6 aromatic rings. The molecule has 190 valence electrons. The first-order chi connectivity index (χ1) is 19.2. The lowest BCUT2D eigenvalue weighted by Crippen LogP contribution is -1.89. The number of allylic oxidation sites excluding steroid dienone is 5. The molecule has 0 aliphatic carbocycles. The van der Waals surface area contributed by atoms with E-state index in [1.807, 2.05) is 30.3 Å². The van der Waals surface area contributed by atoms with Crippen molar-refractivity contribution in [1.29, 1.82) is 0 Å². The fraction of sp³-hybridized carbons (Fsp3) is 0.0909. The average Bonchev–Trinajstić information content (AvgIpc) is 3.62. The van der Waals surface area contributed by atoms with Gasteiger partial charge in [0, 0.05) is 29.5 Å². The van der Waals surface area contributed by atoms with Gasteiger partial charge in [-0.2, -0.15) is 5.10 Å². The Bertz CT molecular complexity index is 1820. The maximum atomic E-state index is 4.93. The summed E-state index contributed by atoms with van der Waals surface area (Å²) in [7, 11) is 0. The Kier molecular flexibility index (Phi) is 6.66. The van der Waals surface area contributed by atoms with Crippen molar-refractivity contribution < 1.29 is 0 Å². The fourth-order valence-electron chi connectivity index (χ4n) is 4.84. The van der Waals surface area contributed by atoms with Crippen molar-refractivity contribution in [2.24, 2.45) is 0 Å². The summed E-state index contributed by atoms with van der Waals surface area (Å²) >= 11 is 0. The monoisotopic (exact) mass is 508 g/mol. The Hall–Kier alpha value is -5.10. The number of benzene rings is 2. The van der Waals surface area contributed by atoms with Crippen LogP contribution in [0, 0.1) is 0 Å². The molecule has 4 aromatic heterocycles. The summed E-state index contributed by atoms with van der Waals surface area (Å²) < 4.78 is 0. The van der Waals surface area contributed by atoms with Crippen molar-refractivity contribution in [3.8, 4) is 22.8 Å². The van der Waals surface area contributed by atoms with E-state index < -0.39 is 0 Å². The van der Waals surface area contributed by atoms with Crippen molar-refractivity contribution in [2.75, 3.05) is 0 Å². The number of hydrogen-bond acceptors (Lipinski definition) is 4. The molecule has 39 heavy (non-hydrogen) atoms. The predicted molar refractivity (Wildman–Crippen MR) is 159 cm³/mol. The van der Waals surface area contributed by atoms with Gasteiger partial charge < -0.3 is 4.98 Å². The minimum absolute atomic E-state index is 0.698. The van der Waals surface area contributed by atoms with E-state index in [9.17, 15) is 0 Å². The van der Waals surface area contributed by atoms with Crippen LogP contribution in [0.5, 0.6) is 0 Å².